The summed E-state index contributed by atoms with van der Waals surface area (Å²) in [6.45, 7) is 1.71. The number of amides is 3. The number of likely N-dealkylation sites (N-methyl/N-ethyl adjacent to an activating group) is 1. The highest BCUT2D eigenvalue weighted by molar-refractivity contribution is 6.42. The van der Waals surface area contributed by atoms with E-state index >= 15 is 0 Å². The number of carbonyl (C=O) groups excluding carboxylic acids is 2. The number of nitrogens with two attached hydrogens (primary N) is 1. The van der Waals surface area contributed by atoms with Gasteiger partial charge in [-0.2, -0.15) is 0 Å². The van der Waals surface area contributed by atoms with Crippen LogP contribution in [0.5, 0.6) is 5.75 Å². The summed E-state index contributed by atoms with van der Waals surface area (Å²) in [5.74, 6) is 0.114. The summed E-state index contributed by atoms with van der Waals surface area (Å²) in [6.07, 6.45) is 2.12. The first-order chi connectivity index (χ1) is 10.3. The van der Waals surface area contributed by atoms with Crippen molar-refractivity contribution in [1.29, 1.82) is 0 Å². The second kappa shape index (κ2) is 8.70. The number of aromatic hydroxyl groups is 1. The number of likely N-dealkylation sites (tertiary alicyclic amines) is 1. The molecule has 0 unspecified atom stereocenters. The van der Waals surface area contributed by atoms with Crippen LogP contribution >= 0.6 is 23.2 Å². The molecule has 1 fully saturated rings. The van der Waals surface area contributed by atoms with Gasteiger partial charge in [-0.05, 0) is 31.0 Å². The Kier molecular flexibility index (Phi) is 7.27. The van der Waals surface area contributed by atoms with E-state index < -0.39 is 6.03 Å². The van der Waals surface area contributed by atoms with Gasteiger partial charge in [0.2, 0.25) is 5.91 Å². The number of phenols is 1. The number of primary amides is 1. The number of hydrogen-bond acceptors (Lipinski definition) is 3. The zero-order chi connectivity index (χ0) is 16.7. The molecule has 122 valence electrons. The van der Waals surface area contributed by atoms with Gasteiger partial charge in [0.05, 0.1) is 10.0 Å². The molecule has 3 N–H and O–H groups in total. The Morgan fingerprint density at radius 1 is 1.27 bits per heavy atom. The van der Waals surface area contributed by atoms with Crippen LogP contribution in [0.4, 0.5) is 4.79 Å². The van der Waals surface area contributed by atoms with Gasteiger partial charge < -0.3 is 20.6 Å². The quantitative estimate of drug-likeness (QED) is 0.860. The van der Waals surface area contributed by atoms with E-state index in [0.717, 1.165) is 25.9 Å². The lowest BCUT2D eigenvalue weighted by atomic mass is 10.3. The summed E-state index contributed by atoms with van der Waals surface area (Å²) in [7, 11) is 1.52. The normalized spacial score (nSPS) is 13.3. The molecular weight excluding hydrogens is 329 g/mol. The van der Waals surface area contributed by atoms with Gasteiger partial charge in [0.15, 0.2) is 0 Å². The second-order valence-electron chi connectivity index (χ2n) is 4.88. The molecule has 22 heavy (non-hydrogen) atoms. The van der Waals surface area contributed by atoms with Crippen LogP contribution in [0.3, 0.4) is 0 Å². The van der Waals surface area contributed by atoms with E-state index in [2.05, 4.69) is 0 Å². The maximum atomic E-state index is 11.4. The lowest BCUT2D eigenvalue weighted by Gasteiger charge is -2.19. The van der Waals surface area contributed by atoms with Gasteiger partial charge in [-0.15, -0.1) is 0 Å². The first-order valence-corrected chi connectivity index (χ1v) is 7.49. The minimum Gasteiger partial charge on any atom is -0.508 e. The van der Waals surface area contributed by atoms with Crippen LogP contribution < -0.4 is 5.73 Å². The van der Waals surface area contributed by atoms with Gasteiger partial charge in [-0.1, -0.05) is 23.2 Å². The minimum absolute atomic E-state index is 0.0150. The van der Waals surface area contributed by atoms with Crippen molar-refractivity contribution in [2.45, 2.75) is 12.8 Å². The number of nitrogens with zero attached hydrogens (tertiary/aromatic N) is 2. The van der Waals surface area contributed by atoms with Gasteiger partial charge in [0.25, 0.3) is 0 Å². The molecule has 1 aromatic rings. The molecule has 0 atom stereocenters. The predicted octanol–water partition coefficient (Wildman–Crippen LogP) is 2.32. The SMILES string of the molecule is CN(CC(=O)N1CCCC1)C(N)=O.Oc1ccc(Cl)c(Cl)c1. The zero-order valence-corrected chi connectivity index (χ0v) is 13.8. The lowest BCUT2D eigenvalue weighted by molar-refractivity contribution is -0.130. The van der Waals surface area contributed by atoms with Crippen molar-refractivity contribution in [2.75, 3.05) is 26.7 Å². The highest BCUT2D eigenvalue weighted by Crippen LogP contribution is 2.25. The van der Waals surface area contributed by atoms with Gasteiger partial charge in [0, 0.05) is 20.1 Å². The van der Waals surface area contributed by atoms with Gasteiger partial charge >= 0.3 is 6.03 Å². The Hall–Kier alpha value is -1.66. The maximum Gasteiger partial charge on any atom is 0.314 e. The number of carbonyl (C=O) groups is 2. The summed E-state index contributed by atoms with van der Waals surface area (Å²) in [6, 6.07) is 3.85. The summed E-state index contributed by atoms with van der Waals surface area (Å²) in [5.41, 5.74) is 5.00. The Morgan fingerprint density at radius 3 is 2.32 bits per heavy atom. The smallest absolute Gasteiger partial charge is 0.314 e. The molecule has 0 saturated carbocycles. The minimum atomic E-state index is -0.562. The van der Waals surface area contributed by atoms with E-state index in [9.17, 15) is 9.59 Å². The third-order valence-corrected chi connectivity index (χ3v) is 3.85. The first-order valence-electron chi connectivity index (χ1n) is 6.73. The molecule has 8 heteroatoms. The Labute approximate surface area is 139 Å². The predicted molar refractivity (Wildman–Crippen MR) is 86.2 cm³/mol. The molecule has 1 aliphatic rings. The van der Waals surface area contributed by atoms with Crippen LogP contribution in [0.2, 0.25) is 10.0 Å². The van der Waals surface area contributed by atoms with Crippen molar-refractivity contribution in [3.8, 4) is 5.75 Å². The Balaban J connectivity index is 0.000000235. The highest BCUT2D eigenvalue weighted by atomic mass is 35.5. The van der Waals surface area contributed by atoms with E-state index in [0.29, 0.717) is 10.0 Å². The summed E-state index contributed by atoms with van der Waals surface area (Å²) in [5, 5.41) is 9.62. The van der Waals surface area contributed by atoms with E-state index in [1.165, 1.54) is 24.1 Å². The highest BCUT2D eigenvalue weighted by Gasteiger charge is 2.19. The Morgan fingerprint density at radius 2 is 1.86 bits per heavy atom. The lowest BCUT2D eigenvalue weighted by Crippen LogP contribution is -2.41. The van der Waals surface area contributed by atoms with Crippen molar-refractivity contribution in [3.05, 3.63) is 28.2 Å². The number of urea groups is 1. The van der Waals surface area contributed by atoms with Crippen LogP contribution in [-0.2, 0) is 4.79 Å². The number of benzene rings is 1. The number of hydrogen-bond donors (Lipinski definition) is 2. The molecule has 2 rings (SSSR count). The monoisotopic (exact) mass is 347 g/mol. The van der Waals surface area contributed by atoms with Gasteiger partial charge in [0.1, 0.15) is 12.3 Å². The fourth-order valence-electron chi connectivity index (χ4n) is 1.83. The molecule has 1 aliphatic heterocycles. The van der Waals surface area contributed by atoms with E-state index in [1.807, 2.05) is 0 Å². The molecule has 0 aliphatic carbocycles. The van der Waals surface area contributed by atoms with Crippen LogP contribution in [0, 0.1) is 0 Å². The van der Waals surface area contributed by atoms with Crippen molar-refractivity contribution in [2.24, 2.45) is 5.73 Å². The fourth-order valence-corrected chi connectivity index (χ4v) is 2.12. The zero-order valence-electron chi connectivity index (χ0n) is 12.3. The molecule has 0 spiro atoms. The number of phenolic OH excluding ortho intramolecular Hbond substituents is 1. The molecular formula is C14H19Cl2N3O3. The Bertz CT molecular complexity index is 534. The van der Waals surface area contributed by atoms with Crippen molar-refractivity contribution < 1.29 is 14.7 Å². The maximum absolute atomic E-state index is 11.4. The molecule has 0 aromatic heterocycles. The van der Waals surface area contributed by atoms with Crippen LogP contribution in [0.1, 0.15) is 12.8 Å². The molecule has 3 amide bonds. The molecule has 1 aromatic carbocycles. The van der Waals surface area contributed by atoms with Crippen molar-refractivity contribution >= 4 is 35.1 Å². The molecule has 0 radical (unpaired) electrons. The average molecular weight is 348 g/mol. The summed E-state index contributed by atoms with van der Waals surface area (Å²) >= 11 is 11.1. The van der Waals surface area contributed by atoms with E-state index in [4.69, 9.17) is 34.0 Å². The number of rotatable bonds is 2. The van der Waals surface area contributed by atoms with E-state index in [-0.39, 0.29) is 18.2 Å². The molecule has 6 nitrogen and oxygen atoms in total. The van der Waals surface area contributed by atoms with Gasteiger partial charge in [-0.25, -0.2) is 4.79 Å². The largest absolute Gasteiger partial charge is 0.508 e. The number of halogens is 2. The van der Waals surface area contributed by atoms with E-state index in [1.54, 1.807) is 11.0 Å². The topological polar surface area (TPSA) is 86.9 Å². The first kappa shape index (κ1) is 18.4. The van der Waals surface area contributed by atoms with Crippen molar-refractivity contribution in [3.63, 3.8) is 0 Å². The standard InChI is InChI=1S/C8H15N3O2.C6H4Cl2O/c1-10(8(9)13)6-7(12)11-4-2-3-5-11;7-5-2-1-4(9)3-6(5)8/h2-6H2,1H3,(H2,9,13);1-3,9H. The summed E-state index contributed by atoms with van der Waals surface area (Å²) < 4.78 is 0. The second-order valence-corrected chi connectivity index (χ2v) is 5.70. The molecule has 0 bridgehead atoms. The molecule has 1 heterocycles. The fraction of sp³-hybridized carbons (Fsp3) is 0.429. The summed E-state index contributed by atoms with van der Waals surface area (Å²) in [4.78, 5) is 25.0. The van der Waals surface area contributed by atoms with Crippen LogP contribution in [0.25, 0.3) is 0 Å². The van der Waals surface area contributed by atoms with Gasteiger partial charge in [-0.3, -0.25) is 4.79 Å². The third kappa shape index (κ3) is 5.99. The van der Waals surface area contributed by atoms with Crippen molar-refractivity contribution in [1.82, 2.24) is 9.80 Å². The molecule has 1 saturated heterocycles. The van der Waals surface area contributed by atoms with Crippen LogP contribution in [0.15, 0.2) is 18.2 Å². The van der Waals surface area contributed by atoms with Crippen LogP contribution in [-0.4, -0.2) is 53.5 Å². The average Bonchev–Trinajstić information content (AvgIpc) is 2.98. The third-order valence-electron chi connectivity index (χ3n) is 3.11.